The van der Waals surface area contributed by atoms with Gasteiger partial charge in [0.15, 0.2) is 0 Å². The molecule has 2 rings (SSSR count). The van der Waals surface area contributed by atoms with Crippen LogP contribution >= 0.6 is 0 Å². The van der Waals surface area contributed by atoms with Crippen molar-refractivity contribution in [3.8, 4) is 6.07 Å². The van der Waals surface area contributed by atoms with E-state index in [1.165, 1.54) is 6.07 Å². The Morgan fingerprint density at radius 3 is 3.00 bits per heavy atom. The normalized spacial score (nSPS) is 17.4. The maximum atomic E-state index is 11.3. The fraction of sp³-hybridized carbons (Fsp3) is 0.500. The summed E-state index contributed by atoms with van der Waals surface area (Å²) in [6.45, 7) is 1.75. The summed E-state index contributed by atoms with van der Waals surface area (Å²) in [5.41, 5.74) is 0.428. The average molecular weight is 189 g/mol. The Labute approximate surface area is 81.6 Å². The summed E-state index contributed by atoms with van der Waals surface area (Å²) >= 11 is 0. The predicted molar refractivity (Wildman–Crippen MR) is 50.9 cm³/mol. The van der Waals surface area contributed by atoms with Gasteiger partial charge >= 0.3 is 0 Å². The third kappa shape index (κ3) is 1.67. The second kappa shape index (κ2) is 3.26. The molecule has 0 bridgehead atoms. The van der Waals surface area contributed by atoms with Gasteiger partial charge in [-0.15, -0.1) is 0 Å². The SMILES string of the molecule is CC(C#N)c1cc(=O)[nH]c(C2CC2)n1. The molecule has 1 aromatic heterocycles. The van der Waals surface area contributed by atoms with Crippen molar-refractivity contribution in [2.75, 3.05) is 0 Å². The Bertz CT molecular complexity index is 439. The molecule has 1 fully saturated rings. The molecule has 1 heterocycles. The molecular weight excluding hydrogens is 178 g/mol. The highest BCUT2D eigenvalue weighted by molar-refractivity contribution is 5.17. The lowest BCUT2D eigenvalue weighted by atomic mass is 10.1. The zero-order valence-electron chi connectivity index (χ0n) is 7.95. The van der Waals surface area contributed by atoms with Crippen LogP contribution in [0.4, 0.5) is 0 Å². The van der Waals surface area contributed by atoms with E-state index in [0.717, 1.165) is 18.7 Å². The number of aromatic nitrogens is 2. The number of nitrogens with zero attached hydrogens (tertiary/aromatic N) is 2. The van der Waals surface area contributed by atoms with Crippen LogP contribution in [-0.2, 0) is 0 Å². The highest BCUT2D eigenvalue weighted by Crippen LogP contribution is 2.37. The summed E-state index contributed by atoms with van der Waals surface area (Å²) in [6, 6.07) is 3.48. The Hall–Kier alpha value is -1.63. The van der Waals surface area contributed by atoms with Crippen LogP contribution in [-0.4, -0.2) is 9.97 Å². The number of rotatable bonds is 2. The highest BCUT2D eigenvalue weighted by Gasteiger charge is 2.26. The first-order chi connectivity index (χ1) is 6.70. The van der Waals surface area contributed by atoms with E-state index >= 15 is 0 Å². The maximum absolute atomic E-state index is 11.3. The highest BCUT2D eigenvalue weighted by atomic mass is 16.1. The molecule has 1 N–H and O–H groups in total. The average Bonchev–Trinajstić information content (AvgIpc) is 2.98. The lowest BCUT2D eigenvalue weighted by Crippen LogP contribution is -2.13. The number of nitriles is 1. The van der Waals surface area contributed by atoms with Crippen molar-refractivity contribution < 1.29 is 0 Å². The molecule has 1 unspecified atom stereocenters. The minimum absolute atomic E-state index is 0.154. The Balaban J connectivity index is 2.41. The van der Waals surface area contributed by atoms with Crippen molar-refractivity contribution in [2.45, 2.75) is 31.6 Å². The molecule has 1 aliphatic rings. The van der Waals surface area contributed by atoms with Crippen LogP contribution in [0.2, 0.25) is 0 Å². The summed E-state index contributed by atoms with van der Waals surface area (Å²) in [7, 11) is 0. The van der Waals surface area contributed by atoms with E-state index in [9.17, 15) is 4.79 Å². The number of aromatic amines is 1. The Kier molecular flexibility index (Phi) is 2.08. The van der Waals surface area contributed by atoms with E-state index in [1.54, 1.807) is 6.92 Å². The van der Waals surface area contributed by atoms with E-state index < -0.39 is 0 Å². The van der Waals surface area contributed by atoms with E-state index in [2.05, 4.69) is 16.0 Å². The smallest absolute Gasteiger partial charge is 0.251 e. The van der Waals surface area contributed by atoms with E-state index in [0.29, 0.717) is 11.6 Å². The van der Waals surface area contributed by atoms with E-state index in [1.807, 2.05) is 0 Å². The van der Waals surface area contributed by atoms with Gasteiger partial charge in [-0.1, -0.05) is 0 Å². The Morgan fingerprint density at radius 1 is 1.71 bits per heavy atom. The summed E-state index contributed by atoms with van der Waals surface area (Å²) in [5, 5.41) is 8.72. The summed E-state index contributed by atoms with van der Waals surface area (Å²) in [4.78, 5) is 18.3. The third-order valence-electron chi connectivity index (χ3n) is 2.38. The zero-order valence-corrected chi connectivity index (χ0v) is 7.95. The minimum atomic E-state index is -0.310. The molecule has 1 saturated carbocycles. The molecule has 0 radical (unpaired) electrons. The molecule has 1 aromatic rings. The van der Waals surface area contributed by atoms with Gasteiger partial charge in [-0.2, -0.15) is 5.26 Å². The van der Waals surface area contributed by atoms with Crippen LogP contribution in [0.5, 0.6) is 0 Å². The molecule has 14 heavy (non-hydrogen) atoms. The van der Waals surface area contributed by atoms with E-state index in [-0.39, 0.29) is 11.5 Å². The van der Waals surface area contributed by atoms with Gasteiger partial charge in [0.2, 0.25) is 0 Å². The molecule has 72 valence electrons. The zero-order chi connectivity index (χ0) is 10.1. The van der Waals surface area contributed by atoms with Crippen LogP contribution in [0.15, 0.2) is 10.9 Å². The fourth-order valence-electron chi connectivity index (χ4n) is 1.33. The molecule has 1 atom stereocenters. The third-order valence-corrected chi connectivity index (χ3v) is 2.38. The lowest BCUT2D eigenvalue weighted by molar-refractivity contribution is 0.827. The van der Waals surface area contributed by atoms with Crippen molar-refractivity contribution in [1.82, 2.24) is 9.97 Å². The second-order valence-electron chi connectivity index (χ2n) is 3.68. The second-order valence-corrected chi connectivity index (χ2v) is 3.68. The molecule has 0 spiro atoms. The number of hydrogen-bond donors (Lipinski definition) is 1. The number of hydrogen-bond acceptors (Lipinski definition) is 3. The largest absolute Gasteiger partial charge is 0.310 e. The molecule has 0 saturated heterocycles. The number of nitrogens with one attached hydrogen (secondary N) is 1. The molecule has 4 nitrogen and oxygen atoms in total. The molecule has 0 amide bonds. The van der Waals surface area contributed by atoms with Gasteiger partial charge in [0.05, 0.1) is 17.7 Å². The molecule has 1 aliphatic carbocycles. The quantitative estimate of drug-likeness (QED) is 0.761. The van der Waals surface area contributed by atoms with Crippen LogP contribution in [0.3, 0.4) is 0 Å². The molecular formula is C10H11N3O. The first-order valence-corrected chi connectivity index (χ1v) is 4.71. The van der Waals surface area contributed by atoms with Gasteiger partial charge in [0.1, 0.15) is 5.82 Å². The van der Waals surface area contributed by atoms with Crippen molar-refractivity contribution in [3.63, 3.8) is 0 Å². The minimum Gasteiger partial charge on any atom is -0.310 e. The van der Waals surface area contributed by atoms with Crippen molar-refractivity contribution in [1.29, 1.82) is 5.26 Å². The van der Waals surface area contributed by atoms with Crippen LogP contribution in [0.25, 0.3) is 0 Å². The van der Waals surface area contributed by atoms with Gasteiger partial charge in [-0.05, 0) is 19.8 Å². The monoisotopic (exact) mass is 189 g/mol. The van der Waals surface area contributed by atoms with Crippen LogP contribution in [0.1, 0.15) is 43.1 Å². The van der Waals surface area contributed by atoms with Gasteiger partial charge in [0.25, 0.3) is 5.56 Å². The van der Waals surface area contributed by atoms with Gasteiger partial charge in [0, 0.05) is 12.0 Å². The van der Waals surface area contributed by atoms with Gasteiger partial charge in [-0.3, -0.25) is 4.79 Å². The standard InChI is InChI=1S/C10H11N3O/c1-6(5-11)8-4-9(14)13-10(12-8)7-2-3-7/h4,6-7H,2-3H2,1H3,(H,12,13,14). The van der Waals surface area contributed by atoms with Crippen molar-refractivity contribution in [2.24, 2.45) is 0 Å². The first kappa shape index (κ1) is 8.95. The number of H-pyrrole nitrogens is 1. The van der Waals surface area contributed by atoms with Crippen LogP contribution < -0.4 is 5.56 Å². The summed E-state index contributed by atoms with van der Waals surface area (Å²) in [5.74, 6) is 0.845. The fourth-order valence-corrected chi connectivity index (χ4v) is 1.33. The predicted octanol–water partition coefficient (Wildman–Crippen LogP) is 1.27. The van der Waals surface area contributed by atoms with Gasteiger partial charge < -0.3 is 4.98 Å². The molecule has 0 aromatic carbocycles. The summed E-state index contributed by atoms with van der Waals surface area (Å²) < 4.78 is 0. The van der Waals surface area contributed by atoms with Crippen molar-refractivity contribution in [3.05, 3.63) is 27.9 Å². The van der Waals surface area contributed by atoms with Crippen LogP contribution in [0, 0.1) is 11.3 Å². The lowest BCUT2D eigenvalue weighted by Gasteiger charge is -2.03. The van der Waals surface area contributed by atoms with E-state index in [4.69, 9.17) is 5.26 Å². The van der Waals surface area contributed by atoms with Gasteiger partial charge in [-0.25, -0.2) is 4.98 Å². The molecule has 0 aliphatic heterocycles. The first-order valence-electron chi connectivity index (χ1n) is 4.71. The summed E-state index contributed by atoms with van der Waals surface area (Å²) in [6.07, 6.45) is 2.18. The van der Waals surface area contributed by atoms with Crippen molar-refractivity contribution >= 4 is 0 Å². The maximum Gasteiger partial charge on any atom is 0.251 e. The Morgan fingerprint density at radius 2 is 2.43 bits per heavy atom. The topological polar surface area (TPSA) is 69.5 Å². The molecule has 4 heteroatoms.